The average molecular weight is 617 g/mol. The summed E-state index contributed by atoms with van der Waals surface area (Å²) in [5, 5.41) is 3.49. The summed E-state index contributed by atoms with van der Waals surface area (Å²) in [6.07, 6.45) is 0. The molecule has 0 aromatic heterocycles. The molecule has 0 radical (unpaired) electrons. The van der Waals surface area contributed by atoms with E-state index in [2.05, 4.69) is 84.9 Å². The Labute approximate surface area is 196 Å². The zero-order valence-corrected chi connectivity index (χ0v) is 20.9. The first-order valence-corrected chi connectivity index (χ1v) is 11.4. The number of methoxy groups -OCH3 is 1. The molecule has 3 aromatic carbocycles. The molecule has 0 amide bonds. The molecule has 0 aliphatic heterocycles. The van der Waals surface area contributed by atoms with Crippen LogP contribution in [0.5, 0.6) is 11.5 Å². The van der Waals surface area contributed by atoms with E-state index >= 15 is 0 Å². The summed E-state index contributed by atoms with van der Waals surface area (Å²) >= 11 is 9.26. The van der Waals surface area contributed by atoms with Crippen LogP contribution in [0.1, 0.15) is 16.7 Å². The highest BCUT2D eigenvalue weighted by atomic mass is 127. The number of aryl methyl sites for hydroxylation is 1. The number of rotatable bonds is 7. The minimum Gasteiger partial charge on any atom is -0.493 e. The van der Waals surface area contributed by atoms with Crippen LogP contribution in [0, 0.1) is 10.5 Å². The molecular weight excluding hydrogens is 597 g/mol. The molecule has 146 valence electrons. The average Bonchev–Trinajstić information content (AvgIpc) is 2.67. The van der Waals surface area contributed by atoms with Gasteiger partial charge in [0.15, 0.2) is 11.5 Å². The van der Waals surface area contributed by atoms with Gasteiger partial charge in [-0.1, -0.05) is 44.0 Å². The van der Waals surface area contributed by atoms with Crippen molar-refractivity contribution in [1.82, 2.24) is 0 Å². The zero-order chi connectivity index (χ0) is 20.1. The zero-order valence-electron chi connectivity index (χ0n) is 15.6. The van der Waals surface area contributed by atoms with Gasteiger partial charge in [-0.25, -0.2) is 0 Å². The van der Waals surface area contributed by atoms with E-state index in [9.17, 15) is 0 Å². The Morgan fingerprint density at radius 1 is 0.929 bits per heavy atom. The van der Waals surface area contributed by atoms with E-state index in [1.807, 2.05) is 36.4 Å². The second-order valence-corrected chi connectivity index (χ2v) is 9.33. The molecule has 1 N–H and O–H groups in total. The van der Waals surface area contributed by atoms with Crippen LogP contribution in [-0.2, 0) is 13.2 Å². The van der Waals surface area contributed by atoms with Gasteiger partial charge in [0, 0.05) is 21.2 Å². The number of ether oxygens (including phenoxy) is 2. The third-order valence-electron chi connectivity index (χ3n) is 4.26. The van der Waals surface area contributed by atoms with E-state index in [-0.39, 0.29) is 0 Å². The van der Waals surface area contributed by atoms with Crippen molar-refractivity contribution in [3.05, 3.63) is 83.8 Å². The molecule has 0 spiro atoms. The fraction of sp³-hybridized carbons (Fsp3) is 0.182. The summed E-state index contributed by atoms with van der Waals surface area (Å²) in [5.74, 6) is 1.52. The predicted molar refractivity (Wildman–Crippen MR) is 130 cm³/mol. The molecule has 3 nitrogen and oxygen atoms in total. The van der Waals surface area contributed by atoms with Crippen LogP contribution in [0.15, 0.2) is 63.5 Å². The van der Waals surface area contributed by atoms with Crippen molar-refractivity contribution in [2.75, 3.05) is 12.4 Å². The highest BCUT2D eigenvalue weighted by Gasteiger charge is 2.12. The molecule has 0 saturated carbocycles. The molecule has 0 heterocycles. The first-order valence-electron chi connectivity index (χ1n) is 8.70. The maximum atomic E-state index is 6.06. The molecule has 0 aliphatic carbocycles. The van der Waals surface area contributed by atoms with Crippen molar-refractivity contribution in [3.8, 4) is 11.5 Å². The Morgan fingerprint density at radius 2 is 1.64 bits per heavy atom. The van der Waals surface area contributed by atoms with Crippen molar-refractivity contribution in [1.29, 1.82) is 0 Å². The summed E-state index contributed by atoms with van der Waals surface area (Å²) in [4.78, 5) is 0. The maximum absolute atomic E-state index is 6.06. The summed E-state index contributed by atoms with van der Waals surface area (Å²) < 4.78 is 14.8. The Morgan fingerprint density at radius 3 is 2.32 bits per heavy atom. The lowest BCUT2D eigenvalue weighted by molar-refractivity contribution is 0.282. The van der Waals surface area contributed by atoms with Crippen molar-refractivity contribution in [2.45, 2.75) is 20.1 Å². The van der Waals surface area contributed by atoms with Gasteiger partial charge >= 0.3 is 0 Å². The summed E-state index contributed by atoms with van der Waals surface area (Å²) in [6, 6.07) is 18.5. The van der Waals surface area contributed by atoms with E-state index in [1.165, 1.54) is 5.56 Å². The van der Waals surface area contributed by atoms with Gasteiger partial charge in [-0.3, -0.25) is 0 Å². The van der Waals surface area contributed by atoms with E-state index in [4.69, 9.17) is 9.47 Å². The smallest absolute Gasteiger partial charge is 0.174 e. The van der Waals surface area contributed by atoms with Crippen molar-refractivity contribution in [2.24, 2.45) is 0 Å². The van der Waals surface area contributed by atoms with Crippen LogP contribution in [-0.4, -0.2) is 7.11 Å². The van der Waals surface area contributed by atoms with Crippen LogP contribution in [0.4, 0.5) is 5.69 Å². The van der Waals surface area contributed by atoms with E-state index < -0.39 is 0 Å². The van der Waals surface area contributed by atoms with Gasteiger partial charge in [0.2, 0.25) is 0 Å². The van der Waals surface area contributed by atoms with Gasteiger partial charge in [-0.05, 0) is 88.7 Å². The number of anilines is 1. The topological polar surface area (TPSA) is 30.5 Å². The van der Waals surface area contributed by atoms with Gasteiger partial charge in [-0.2, -0.15) is 0 Å². The van der Waals surface area contributed by atoms with Crippen LogP contribution in [0.2, 0.25) is 0 Å². The van der Waals surface area contributed by atoms with E-state index in [0.717, 1.165) is 40.8 Å². The van der Waals surface area contributed by atoms with Crippen LogP contribution < -0.4 is 14.8 Å². The molecule has 0 bridgehead atoms. The molecule has 28 heavy (non-hydrogen) atoms. The molecule has 6 heteroatoms. The number of nitrogens with one attached hydrogen (secondary N) is 1. The minimum atomic E-state index is 0.495. The van der Waals surface area contributed by atoms with Gasteiger partial charge in [0.25, 0.3) is 0 Å². The third kappa shape index (κ3) is 5.64. The van der Waals surface area contributed by atoms with E-state index in [0.29, 0.717) is 13.2 Å². The SMILES string of the molecule is COc1cc(CNc2ccc(Br)cc2C)cc(I)c1OCc1ccc(Br)cc1. The first-order chi connectivity index (χ1) is 13.5. The largest absolute Gasteiger partial charge is 0.493 e. The lowest BCUT2D eigenvalue weighted by Gasteiger charge is -2.16. The molecule has 0 fully saturated rings. The molecule has 0 atom stereocenters. The van der Waals surface area contributed by atoms with Crippen molar-refractivity contribution >= 4 is 60.1 Å². The Balaban J connectivity index is 1.72. The molecule has 3 rings (SSSR count). The Kier molecular flexibility index (Phi) is 7.65. The first kappa shape index (κ1) is 21.5. The number of hydrogen-bond acceptors (Lipinski definition) is 3. The molecule has 3 aromatic rings. The fourth-order valence-corrected chi connectivity index (χ4v) is 4.34. The van der Waals surface area contributed by atoms with Crippen LogP contribution in [0.25, 0.3) is 0 Å². The summed E-state index contributed by atoms with van der Waals surface area (Å²) in [6.45, 7) is 3.30. The monoisotopic (exact) mass is 615 g/mol. The minimum absolute atomic E-state index is 0.495. The van der Waals surface area contributed by atoms with Crippen molar-refractivity contribution in [3.63, 3.8) is 0 Å². The fourth-order valence-electron chi connectivity index (χ4n) is 2.77. The highest BCUT2D eigenvalue weighted by Crippen LogP contribution is 2.35. The van der Waals surface area contributed by atoms with Crippen LogP contribution >= 0.6 is 54.5 Å². The predicted octanol–water partition coefficient (Wildman–Crippen LogP) is 7.32. The van der Waals surface area contributed by atoms with Crippen LogP contribution in [0.3, 0.4) is 0 Å². The van der Waals surface area contributed by atoms with E-state index in [1.54, 1.807) is 7.11 Å². The molecular formula is C22H20Br2INO2. The second-order valence-electron chi connectivity index (χ2n) is 6.34. The Bertz CT molecular complexity index is 961. The number of halogens is 3. The standard InChI is InChI=1S/C22H20Br2INO2/c1-14-9-18(24)7-8-20(14)26-12-16-10-19(25)22(21(11-16)27-2)28-13-15-3-5-17(23)6-4-15/h3-11,26H,12-13H2,1-2H3. The van der Waals surface area contributed by atoms with Gasteiger partial charge in [-0.15, -0.1) is 0 Å². The molecule has 0 saturated heterocycles. The summed E-state index contributed by atoms with van der Waals surface area (Å²) in [5.41, 5.74) is 4.57. The molecule has 0 aliphatic rings. The molecule has 0 unspecified atom stereocenters. The van der Waals surface area contributed by atoms with Gasteiger partial charge in [0.05, 0.1) is 10.7 Å². The normalized spacial score (nSPS) is 10.6. The number of hydrogen-bond donors (Lipinski definition) is 1. The quantitative estimate of drug-likeness (QED) is 0.282. The van der Waals surface area contributed by atoms with Gasteiger partial charge < -0.3 is 14.8 Å². The second kappa shape index (κ2) is 9.98. The lowest BCUT2D eigenvalue weighted by atomic mass is 10.1. The summed E-state index contributed by atoms with van der Waals surface area (Å²) in [7, 11) is 1.67. The number of benzene rings is 3. The highest BCUT2D eigenvalue weighted by molar-refractivity contribution is 14.1. The third-order valence-corrected chi connectivity index (χ3v) is 6.08. The Hall–Kier alpha value is -1.25. The van der Waals surface area contributed by atoms with Crippen molar-refractivity contribution < 1.29 is 9.47 Å². The maximum Gasteiger partial charge on any atom is 0.174 e. The lowest BCUT2D eigenvalue weighted by Crippen LogP contribution is -2.04. The van der Waals surface area contributed by atoms with Gasteiger partial charge in [0.1, 0.15) is 6.61 Å².